The van der Waals surface area contributed by atoms with Gasteiger partial charge in [-0.25, -0.2) is 0 Å². The van der Waals surface area contributed by atoms with Crippen molar-refractivity contribution in [2.45, 2.75) is 19.6 Å². The number of rotatable bonds is 7. The van der Waals surface area contributed by atoms with E-state index in [1.165, 1.54) is 0 Å². The van der Waals surface area contributed by atoms with Crippen LogP contribution in [0.4, 0.5) is 5.69 Å². The molecule has 0 aliphatic heterocycles. The van der Waals surface area contributed by atoms with Gasteiger partial charge in [-0.2, -0.15) is 10.4 Å². The summed E-state index contributed by atoms with van der Waals surface area (Å²) in [4.78, 5) is 14.2. The standard InChI is InChI=1S/C17H21N5O2/c1-13(24-16-6-4-14(10-18)5-7-16)17(23)20-15-11-19-22(12-15)9-8-21(2)3/h4-7,11-13H,8-9H2,1-3H3,(H,20,23)/t13-/m0/s1. The molecular weight excluding hydrogens is 306 g/mol. The average molecular weight is 327 g/mol. The molecule has 7 heteroatoms. The van der Waals surface area contributed by atoms with Crippen molar-refractivity contribution in [1.82, 2.24) is 14.7 Å². The van der Waals surface area contributed by atoms with E-state index in [9.17, 15) is 4.79 Å². The van der Waals surface area contributed by atoms with Gasteiger partial charge in [0.2, 0.25) is 0 Å². The normalized spacial score (nSPS) is 11.8. The van der Waals surface area contributed by atoms with Gasteiger partial charge in [-0.3, -0.25) is 9.48 Å². The lowest BCUT2D eigenvalue weighted by Crippen LogP contribution is -2.30. The summed E-state index contributed by atoms with van der Waals surface area (Å²) in [5.41, 5.74) is 1.18. The van der Waals surface area contributed by atoms with Crippen LogP contribution in [0, 0.1) is 11.3 Å². The summed E-state index contributed by atoms with van der Waals surface area (Å²) in [7, 11) is 3.99. The molecule has 0 aliphatic carbocycles. The zero-order valence-corrected chi connectivity index (χ0v) is 14.1. The topological polar surface area (TPSA) is 83.2 Å². The van der Waals surface area contributed by atoms with Gasteiger partial charge in [0.05, 0.1) is 30.1 Å². The number of hydrogen-bond acceptors (Lipinski definition) is 5. The van der Waals surface area contributed by atoms with Gasteiger partial charge in [0.1, 0.15) is 5.75 Å². The molecule has 0 unspecified atom stereocenters. The molecular formula is C17H21N5O2. The molecule has 2 aromatic rings. The lowest BCUT2D eigenvalue weighted by molar-refractivity contribution is -0.122. The van der Waals surface area contributed by atoms with E-state index in [0.717, 1.165) is 13.1 Å². The summed E-state index contributed by atoms with van der Waals surface area (Å²) in [6.07, 6.45) is 2.74. The third-order valence-electron chi connectivity index (χ3n) is 3.34. The Labute approximate surface area is 141 Å². The van der Waals surface area contributed by atoms with Crippen LogP contribution < -0.4 is 10.1 Å². The summed E-state index contributed by atoms with van der Waals surface area (Å²) in [5.74, 6) is 0.282. The average Bonchev–Trinajstić information content (AvgIpc) is 3.01. The summed E-state index contributed by atoms with van der Waals surface area (Å²) < 4.78 is 7.36. The van der Waals surface area contributed by atoms with E-state index in [4.69, 9.17) is 10.00 Å². The molecule has 1 N–H and O–H groups in total. The summed E-state index contributed by atoms with van der Waals surface area (Å²) in [5, 5.41) is 15.8. The van der Waals surface area contributed by atoms with Crippen LogP contribution in [-0.4, -0.2) is 47.3 Å². The molecule has 7 nitrogen and oxygen atoms in total. The van der Waals surface area contributed by atoms with E-state index < -0.39 is 6.10 Å². The number of carbonyl (C=O) groups excluding carboxylic acids is 1. The minimum absolute atomic E-state index is 0.258. The number of carbonyl (C=O) groups is 1. The van der Waals surface area contributed by atoms with Crippen LogP contribution in [0.25, 0.3) is 0 Å². The quantitative estimate of drug-likeness (QED) is 0.837. The first-order valence-corrected chi connectivity index (χ1v) is 7.63. The number of hydrogen-bond donors (Lipinski definition) is 1. The number of nitriles is 1. The van der Waals surface area contributed by atoms with E-state index in [-0.39, 0.29) is 5.91 Å². The molecule has 1 heterocycles. The third-order valence-corrected chi connectivity index (χ3v) is 3.34. The molecule has 0 aliphatic rings. The third kappa shape index (κ3) is 5.11. The van der Waals surface area contributed by atoms with Gasteiger partial charge in [-0.1, -0.05) is 0 Å². The van der Waals surface area contributed by atoms with Crippen molar-refractivity contribution in [3.63, 3.8) is 0 Å². The van der Waals surface area contributed by atoms with E-state index in [1.54, 1.807) is 48.3 Å². The highest BCUT2D eigenvalue weighted by Crippen LogP contribution is 2.14. The maximum atomic E-state index is 12.2. The van der Waals surface area contributed by atoms with Crippen molar-refractivity contribution in [3.8, 4) is 11.8 Å². The smallest absolute Gasteiger partial charge is 0.265 e. The van der Waals surface area contributed by atoms with Crippen molar-refractivity contribution < 1.29 is 9.53 Å². The first-order chi connectivity index (χ1) is 11.5. The molecule has 1 amide bonds. The predicted molar refractivity (Wildman–Crippen MR) is 90.7 cm³/mol. The number of anilines is 1. The van der Waals surface area contributed by atoms with Gasteiger partial charge in [0.25, 0.3) is 5.91 Å². The lowest BCUT2D eigenvalue weighted by Gasteiger charge is -2.14. The molecule has 0 spiro atoms. The zero-order chi connectivity index (χ0) is 17.5. The molecule has 0 bridgehead atoms. The van der Waals surface area contributed by atoms with Gasteiger partial charge in [-0.05, 0) is 45.3 Å². The molecule has 1 atom stereocenters. The fourth-order valence-corrected chi connectivity index (χ4v) is 1.96. The molecule has 126 valence electrons. The number of likely N-dealkylation sites (N-methyl/N-ethyl adjacent to an activating group) is 1. The Kier molecular flexibility index (Phi) is 5.93. The Balaban J connectivity index is 1.88. The second-order valence-corrected chi connectivity index (χ2v) is 5.68. The minimum atomic E-state index is -0.664. The molecule has 0 saturated heterocycles. The van der Waals surface area contributed by atoms with Crippen LogP contribution in [0.3, 0.4) is 0 Å². The Morgan fingerprint density at radius 2 is 2.12 bits per heavy atom. The van der Waals surface area contributed by atoms with Gasteiger partial charge in [0.15, 0.2) is 6.10 Å². The Morgan fingerprint density at radius 1 is 1.42 bits per heavy atom. The highest BCUT2D eigenvalue weighted by Gasteiger charge is 2.15. The van der Waals surface area contributed by atoms with Crippen LogP contribution in [0.1, 0.15) is 12.5 Å². The molecule has 1 aromatic carbocycles. The van der Waals surface area contributed by atoms with Gasteiger partial charge in [0, 0.05) is 12.7 Å². The number of aromatic nitrogens is 2. The SMILES string of the molecule is C[C@H](Oc1ccc(C#N)cc1)C(=O)Nc1cnn(CCN(C)C)c1. The molecule has 2 rings (SSSR count). The molecule has 0 saturated carbocycles. The highest BCUT2D eigenvalue weighted by atomic mass is 16.5. The van der Waals surface area contributed by atoms with Crippen molar-refractivity contribution in [1.29, 1.82) is 5.26 Å². The van der Waals surface area contributed by atoms with Crippen molar-refractivity contribution in [2.24, 2.45) is 0 Å². The maximum absolute atomic E-state index is 12.2. The Morgan fingerprint density at radius 3 is 2.75 bits per heavy atom. The van der Waals surface area contributed by atoms with Crippen LogP contribution in [0.2, 0.25) is 0 Å². The fourth-order valence-electron chi connectivity index (χ4n) is 1.96. The molecule has 0 radical (unpaired) electrons. The molecule has 0 fully saturated rings. The van der Waals surface area contributed by atoms with E-state index >= 15 is 0 Å². The minimum Gasteiger partial charge on any atom is -0.481 e. The first-order valence-electron chi connectivity index (χ1n) is 7.63. The van der Waals surface area contributed by atoms with E-state index in [1.807, 2.05) is 20.2 Å². The second-order valence-electron chi connectivity index (χ2n) is 5.68. The number of benzene rings is 1. The van der Waals surface area contributed by atoms with Crippen LogP contribution in [-0.2, 0) is 11.3 Å². The number of nitrogens with one attached hydrogen (secondary N) is 1. The fraction of sp³-hybridized carbons (Fsp3) is 0.353. The van der Waals surface area contributed by atoms with E-state index in [2.05, 4.69) is 15.3 Å². The molecule has 1 aromatic heterocycles. The van der Waals surface area contributed by atoms with Crippen LogP contribution in [0.5, 0.6) is 5.75 Å². The summed E-state index contributed by atoms with van der Waals surface area (Å²) in [6, 6.07) is 8.67. The van der Waals surface area contributed by atoms with E-state index in [0.29, 0.717) is 17.0 Å². The molecule has 24 heavy (non-hydrogen) atoms. The monoisotopic (exact) mass is 327 g/mol. The van der Waals surface area contributed by atoms with Crippen molar-refractivity contribution in [2.75, 3.05) is 26.0 Å². The summed E-state index contributed by atoms with van der Waals surface area (Å²) >= 11 is 0. The second kappa shape index (κ2) is 8.13. The number of amides is 1. The Bertz CT molecular complexity index is 715. The van der Waals surface area contributed by atoms with Gasteiger partial charge < -0.3 is 15.0 Å². The number of ether oxygens (including phenoxy) is 1. The highest BCUT2D eigenvalue weighted by molar-refractivity contribution is 5.93. The lowest BCUT2D eigenvalue weighted by atomic mass is 10.2. The first kappa shape index (κ1) is 17.5. The Hall–Kier alpha value is -2.85. The largest absolute Gasteiger partial charge is 0.481 e. The van der Waals surface area contributed by atoms with Gasteiger partial charge in [-0.15, -0.1) is 0 Å². The van der Waals surface area contributed by atoms with Crippen LogP contribution in [0.15, 0.2) is 36.7 Å². The maximum Gasteiger partial charge on any atom is 0.265 e. The number of nitrogens with zero attached hydrogens (tertiary/aromatic N) is 4. The zero-order valence-electron chi connectivity index (χ0n) is 14.1. The predicted octanol–water partition coefficient (Wildman–Crippen LogP) is 1.72. The van der Waals surface area contributed by atoms with Crippen molar-refractivity contribution >= 4 is 11.6 Å². The van der Waals surface area contributed by atoms with Gasteiger partial charge >= 0.3 is 0 Å². The summed E-state index contributed by atoms with van der Waals surface area (Å²) in [6.45, 7) is 3.29. The van der Waals surface area contributed by atoms with Crippen LogP contribution >= 0.6 is 0 Å². The van der Waals surface area contributed by atoms with Crippen molar-refractivity contribution in [3.05, 3.63) is 42.2 Å².